The molecule has 0 aliphatic carbocycles. The minimum Gasteiger partial charge on any atom is -0.478 e. The molecule has 94 valence electrons. The number of rotatable bonds is 4. The van der Waals surface area contributed by atoms with E-state index in [1.54, 1.807) is 0 Å². The lowest BCUT2D eigenvalue weighted by Crippen LogP contribution is -2.30. The van der Waals surface area contributed by atoms with Crippen LogP contribution in [0.1, 0.15) is 19.0 Å². The summed E-state index contributed by atoms with van der Waals surface area (Å²) in [5, 5.41) is 3.29. The molecule has 0 aromatic carbocycles. The topological polar surface area (TPSA) is 50.3 Å². The van der Waals surface area contributed by atoms with Gasteiger partial charge >= 0.3 is 0 Å². The molecule has 17 heavy (non-hydrogen) atoms. The molecule has 5 heteroatoms. The second-order valence-electron chi connectivity index (χ2n) is 4.30. The monoisotopic (exact) mass is 236 g/mol. The normalized spacial score (nSPS) is 19.7. The number of aromatic nitrogens is 2. The van der Waals surface area contributed by atoms with E-state index < -0.39 is 0 Å². The molecule has 0 amide bonds. The number of ether oxygens (including phenoxy) is 1. The molecule has 0 radical (unpaired) electrons. The van der Waals surface area contributed by atoms with Gasteiger partial charge in [-0.3, -0.25) is 0 Å². The van der Waals surface area contributed by atoms with Crippen LogP contribution in [-0.2, 0) is 0 Å². The van der Waals surface area contributed by atoms with Crippen LogP contribution in [0.5, 0.6) is 5.88 Å². The first-order valence-corrected chi connectivity index (χ1v) is 6.13. The average molecular weight is 236 g/mol. The van der Waals surface area contributed by atoms with Crippen LogP contribution in [0.25, 0.3) is 0 Å². The van der Waals surface area contributed by atoms with E-state index in [1.807, 2.05) is 27.0 Å². The summed E-state index contributed by atoms with van der Waals surface area (Å²) in [5.74, 6) is 1.45. The van der Waals surface area contributed by atoms with Crippen molar-refractivity contribution in [1.82, 2.24) is 15.3 Å². The largest absolute Gasteiger partial charge is 0.478 e. The van der Waals surface area contributed by atoms with Crippen molar-refractivity contribution in [1.29, 1.82) is 0 Å². The summed E-state index contributed by atoms with van der Waals surface area (Å²) in [6.45, 7) is 6.53. The van der Waals surface area contributed by atoms with Crippen molar-refractivity contribution in [2.45, 2.75) is 26.3 Å². The lowest BCUT2D eigenvalue weighted by atomic mass is 10.3. The van der Waals surface area contributed by atoms with Gasteiger partial charge in [0.1, 0.15) is 0 Å². The van der Waals surface area contributed by atoms with Crippen molar-refractivity contribution in [2.75, 3.05) is 31.6 Å². The predicted molar refractivity (Wildman–Crippen MR) is 67.6 cm³/mol. The van der Waals surface area contributed by atoms with E-state index in [0.29, 0.717) is 18.5 Å². The molecule has 1 aromatic rings. The smallest absolute Gasteiger partial charge is 0.228 e. The third-order valence-electron chi connectivity index (χ3n) is 2.99. The van der Waals surface area contributed by atoms with E-state index in [1.165, 1.54) is 0 Å². The van der Waals surface area contributed by atoms with Crippen molar-refractivity contribution < 1.29 is 4.74 Å². The molecule has 2 rings (SSSR count). The molecule has 1 unspecified atom stereocenters. The van der Waals surface area contributed by atoms with Crippen LogP contribution in [0, 0.1) is 6.92 Å². The van der Waals surface area contributed by atoms with Crippen LogP contribution in [0.2, 0.25) is 0 Å². The highest BCUT2D eigenvalue weighted by Crippen LogP contribution is 2.19. The molecule has 0 spiro atoms. The molecular weight excluding hydrogens is 216 g/mol. The van der Waals surface area contributed by atoms with Gasteiger partial charge in [0.25, 0.3) is 0 Å². The SMILES string of the molecule is CCOc1cc(C)nc(N2CCC(NC)C2)n1. The maximum absolute atomic E-state index is 5.45. The molecule has 1 aliphatic heterocycles. The van der Waals surface area contributed by atoms with E-state index in [9.17, 15) is 0 Å². The number of nitrogens with zero attached hydrogens (tertiary/aromatic N) is 3. The van der Waals surface area contributed by atoms with E-state index in [2.05, 4.69) is 20.2 Å². The van der Waals surface area contributed by atoms with Crippen molar-refractivity contribution in [2.24, 2.45) is 0 Å². The Bertz CT molecular complexity index is 383. The highest BCUT2D eigenvalue weighted by molar-refractivity contribution is 5.36. The highest BCUT2D eigenvalue weighted by atomic mass is 16.5. The summed E-state index contributed by atoms with van der Waals surface area (Å²) in [7, 11) is 2.00. The number of hydrogen-bond donors (Lipinski definition) is 1. The maximum Gasteiger partial charge on any atom is 0.228 e. The maximum atomic E-state index is 5.45. The number of aryl methyl sites for hydroxylation is 1. The fourth-order valence-electron chi connectivity index (χ4n) is 2.07. The Morgan fingerprint density at radius 2 is 2.35 bits per heavy atom. The van der Waals surface area contributed by atoms with E-state index in [-0.39, 0.29) is 0 Å². The van der Waals surface area contributed by atoms with Gasteiger partial charge in [-0.05, 0) is 27.3 Å². The summed E-state index contributed by atoms with van der Waals surface area (Å²) in [5.41, 5.74) is 0.950. The zero-order valence-corrected chi connectivity index (χ0v) is 10.7. The Morgan fingerprint density at radius 1 is 1.53 bits per heavy atom. The quantitative estimate of drug-likeness (QED) is 0.844. The van der Waals surface area contributed by atoms with Crippen LogP contribution >= 0.6 is 0 Å². The first-order chi connectivity index (χ1) is 8.22. The van der Waals surface area contributed by atoms with Gasteiger partial charge in [0.2, 0.25) is 11.8 Å². The minimum atomic E-state index is 0.537. The minimum absolute atomic E-state index is 0.537. The standard InChI is InChI=1S/C12H20N4O/c1-4-17-11-7-9(2)14-12(15-11)16-6-5-10(8-16)13-3/h7,10,13H,4-6,8H2,1-3H3. The molecule has 1 atom stereocenters. The molecule has 2 heterocycles. The molecule has 1 N–H and O–H groups in total. The summed E-state index contributed by atoms with van der Waals surface area (Å²) in [6, 6.07) is 2.41. The third kappa shape index (κ3) is 2.85. The van der Waals surface area contributed by atoms with Gasteiger partial charge in [-0.2, -0.15) is 4.98 Å². The summed E-state index contributed by atoms with van der Waals surface area (Å²) in [6.07, 6.45) is 1.14. The Morgan fingerprint density at radius 3 is 3.00 bits per heavy atom. The molecule has 0 saturated carbocycles. The Hall–Kier alpha value is -1.36. The van der Waals surface area contributed by atoms with Gasteiger partial charge in [-0.15, -0.1) is 0 Å². The van der Waals surface area contributed by atoms with Crippen molar-refractivity contribution >= 4 is 5.95 Å². The molecule has 1 saturated heterocycles. The number of anilines is 1. The molecule has 0 bridgehead atoms. The lowest BCUT2D eigenvalue weighted by Gasteiger charge is -2.17. The Labute approximate surface area is 102 Å². The summed E-state index contributed by atoms with van der Waals surface area (Å²) in [4.78, 5) is 11.1. The molecule has 1 aromatic heterocycles. The number of likely N-dealkylation sites (N-methyl/N-ethyl adjacent to an activating group) is 1. The fourth-order valence-corrected chi connectivity index (χ4v) is 2.07. The first-order valence-electron chi connectivity index (χ1n) is 6.13. The first kappa shape index (κ1) is 12.1. The third-order valence-corrected chi connectivity index (χ3v) is 2.99. The van der Waals surface area contributed by atoms with Crippen molar-refractivity contribution in [3.8, 4) is 5.88 Å². The zero-order chi connectivity index (χ0) is 12.3. The van der Waals surface area contributed by atoms with Gasteiger partial charge in [0.05, 0.1) is 6.61 Å². The average Bonchev–Trinajstić information content (AvgIpc) is 2.77. The molecule has 1 aliphatic rings. The van der Waals surface area contributed by atoms with Crippen LogP contribution in [0.4, 0.5) is 5.95 Å². The molecular formula is C12H20N4O. The Kier molecular flexibility index (Phi) is 3.78. The van der Waals surface area contributed by atoms with E-state index in [0.717, 1.165) is 31.2 Å². The summed E-state index contributed by atoms with van der Waals surface area (Å²) >= 11 is 0. The van der Waals surface area contributed by atoms with E-state index >= 15 is 0 Å². The fraction of sp³-hybridized carbons (Fsp3) is 0.667. The van der Waals surface area contributed by atoms with Gasteiger partial charge in [0.15, 0.2) is 0 Å². The van der Waals surface area contributed by atoms with Gasteiger partial charge in [-0.25, -0.2) is 4.98 Å². The summed E-state index contributed by atoms with van der Waals surface area (Å²) < 4.78 is 5.45. The van der Waals surface area contributed by atoms with E-state index in [4.69, 9.17) is 4.74 Å². The highest BCUT2D eigenvalue weighted by Gasteiger charge is 2.23. The van der Waals surface area contributed by atoms with Crippen molar-refractivity contribution in [3.05, 3.63) is 11.8 Å². The van der Waals surface area contributed by atoms with Crippen molar-refractivity contribution in [3.63, 3.8) is 0 Å². The second kappa shape index (κ2) is 5.31. The Balaban J connectivity index is 2.15. The lowest BCUT2D eigenvalue weighted by molar-refractivity contribution is 0.326. The van der Waals surface area contributed by atoms with Crippen LogP contribution in [0.15, 0.2) is 6.07 Å². The van der Waals surface area contributed by atoms with Gasteiger partial charge in [0, 0.05) is 30.9 Å². The number of hydrogen-bond acceptors (Lipinski definition) is 5. The molecule has 5 nitrogen and oxygen atoms in total. The van der Waals surface area contributed by atoms with Gasteiger partial charge in [-0.1, -0.05) is 0 Å². The molecule has 1 fully saturated rings. The number of nitrogens with one attached hydrogen (secondary N) is 1. The van der Waals surface area contributed by atoms with Crippen LogP contribution in [0.3, 0.4) is 0 Å². The van der Waals surface area contributed by atoms with Gasteiger partial charge < -0.3 is 15.0 Å². The van der Waals surface area contributed by atoms with Crippen LogP contribution in [-0.4, -0.2) is 42.8 Å². The second-order valence-corrected chi connectivity index (χ2v) is 4.30. The zero-order valence-electron chi connectivity index (χ0n) is 10.7. The predicted octanol–water partition coefficient (Wildman–Crippen LogP) is 0.982. The van der Waals surface area contributed by atoms with Crippen LogP contribution < -0.4 is 15.0 Å².